The molecule has 0 bridgehead atoms. The molecule has 1 atom stereocenters. The van der Waals surface area contributed by atoms with Crippen molar-refractivity contribution in [3.05, 3.63) is 34.9 Å². The second-order valence-corrected chi connectivity index (χ2v) is 6.85. The summed E-state index contributed by atoms with van der Waals surface area (Å²) in [7, 11) is 0. The number of carbonyl (C=O) groups is 1. The van der Waals surface area contributed by atoms with Gasteiger partial charge in [-0.1, -0.05) is 32.0 Å². The Bertz CT molecular complexity index is 500. The molecule has 3 nitrogen and oxygen atoms in total. The number of aryl methyl sites for hydroxylation is 1. The van der Waals surface area contributed by atoms with E-state index in [-0.39, 0.29) is 12.1 Å². The lowest BCUT2D eigenvalue weighted by molar-refractivity contribution is 0.0503. The molecule has 0 aromatic heterocycles. The zero-order chi connectivity index (χ0) is 14.9. The number of benzene rings is 1. The Kier molecular flexibility index (Phi) is 4.07. The minimum absolute atomic E-state index is 0.0820. The van der Waals surface area contributed by atoms with Crippen LogP contribution in [0.25, 0.3) is 0 Å². The van der Waals surface area contributed by atoms with Gasteiger partial charge < -0.3 is 10.1 Å². The largest absolute Gasteiger partial charge is 0.444 e. The Hall–Kier alpha value is -1.51. The molecule has 1 aromatic carbocycles. The van der Waals surface area contributed by atoms with Gasteiger partial charge in [0.25, 0.3) is 0 Å². The van der Waals surface area contributed by atoms with E-state index in [2.05, 4.69) is 37.4 Å². The molecule has 1 amide bonds. The highest BCUT2D eigenvalue weighted by Crippen LogP contribution is 2.33. The number of amides is 1. The zero-order valence-electron chi connectivity index (χ0n) is 13.1. The number of hydrogen-bond donors (Lipinski definition) is 1. The van der Waals surface area contributed by atoms with Crippen LogP contribution in [0.2, 0.25) is 0 Å². The fourth-order valence-electron chi connectivity index (χ4n) is 2.58. The summed E-state index contributed by atoms with van der Waals surface area (Å²) in [5, 5.41) is 3.00. The fraction of sp³-hybridized carbons (Fsp3) is 0.588. The normalized spacial score (nSPS) is 18.0. The maximum Gasteiger partial charge on any atom is 0.408 e. The number of alkyl carbamates (subject to hydrolysis) is 1. The quantitative estimate of drug-likeness (QED) is 0.872. The molecule has 1 N–H and O–H groups in total. The Morgan fingerprint density at radius 2 is 2.05 bits per heavy atom. The number of rotatable bonds is 2. The van der Waals surface area contributed by atoms with Crippen molar-refractivity contribution in [1.82, 2.24) is 5.32 Å². The molecule has 20 heavy (non-hydrogen) atoms. The Labute approximate surface area is 121 Å². The number of fused-ring (bicyclic) bond motifs is 1. The van der Waals surface area contributed by atoms with E-state index in [4.69, 9.17) is 4.74 Å². The molecule has 0 saturated heterocycles. The van der Waals surface area contributed by atoms with Crippen LogP contribution in [0.1, 0.15) is 69.7 Å². The van der Waals surface area contributed by atoms with Gasteiger partial charge in [0.2, 0.25) is 0 Å². The van der Waals surface area contributed by atoms with Gasteiger partial charge in [0.1, 0.15) is 5.60 Å². The first-order valence-corrected chi connectivity index (χ1v) is 7.38. The number of hydrogen-bond acceptors (Lipinski definition) is 2. The first-order chi connectivity index (χ1) is 9.26. The van der Waals surface area contributed by atoms with Gasteiger partial charge in [0.05, 0.1) is 6.04 Å². The molecule has 0 saturated carbocycles. The molecule has 110 valence electrons. The third-order valence-corrected chi connectivity index (χ3v) is 3.61. The van der Waals surface area contributed by atoms with Crippen LogP contribution in [0.15, 0.2) is 18.2 Å². The van der Waals surface area contributed by atoms with Gasteiger partial charge >= 0.3 is 6.09 Å². The highest BCUT2D eigenvalue weighted by molar-refractivity contribution is 5.68. The van der Waals surface area contributed by atoms with Crippen molar-refractivity contribution in [3.63, 3.8) is 0 Å². The van der Waals surface area contributed by atoms with Crippen LogP contribution in [0, 0.1) is 0 Å². The molecule has 0 spiro atoms. The minimum Gasteiger partial charge on any atom is -0.444 e. The first kappa shape index (κ1) is 14.9. The lowest BCUT2D eigenvalue weighted by Crippen LogP contribution is -2.34. The van der Waals surface area contributed by atoms with Gasteiger partial charge in [-0.3, -0.25) is 0 Å². The predicted molar refractivity (Wildman–Crippen MR) is 81.0 cm³/mol. The van der Waals surface area contributed by atoms with Gasteiger partial charge in [0, 0.05) is 0 Å². The highest BCUT2D eigenvalue weighted by atomic mass is 16.6. The van der Waals surface area contributed by atoms with E-state index < -0.39 is 5.60 Å². The van der Waals surface area contributed by atoms with Gasteiger partial charge in [-0.2, -0.15) is 0 Å². The third-order valence-electron chi connectivity index (χ3n) is 3.61. The monoisotopic (exact) mass is 275 g/mol. The van der Waals surface area contributed by atoms with E-state index in [0.717, 1.165) is 12.8 Å². The Morgan fingerprint density at radius 3 is 2.65 bits per heavy atom. The van der Waals surface area contributed by atoms with Crippen molar-refractivity contribution in [1.29, 1.82) is 0 Å². The molecule has 2 rings (SSSR count). The van der Waals surface area contributed by atoms with Crippen LogP contribution in [-0.4, -0.2) is 11.7 Å². The zero-order valence-corrected chi connectivity index (χ0v) is 13.1. The topological polar surface area (TPSA) is 38.3 Å². The fourth-order valence-corrected chi connectivity index (χ4v) is 2.58. The molecule has 1 aliphatic rings. The molecule has 0 radical (unpaired) electrons. The lowest BCUT2D eigenvalue weighted by atomic mass is 9.97. The maximum absolute atomic E-state index is 11.9. The van der Waals surface area contributed by atoms with Crippen LogP contribution in [-0.2, 0) is 11.2 Å². The number of carbonyl (C=O) groups excluding carboxylic acids is 1. The molecule has 1 aromatic rings. The molecule has 3 heteroatoms. The second kappa shape index (κ2) is 5.47. The Morgan fingerprint density at radius 1 is 1.35 bits per heavy atom. The van der Waals surface area contributed by atoms with E-state index in [0.29, 0.717) is 5.92 Å². The third kappa shape index (κ3) is 3.53. The van der Waals surface area contributed by atoms with E-state index in [1.54, 1.807) is 0 Å². The van der Waals surface area contributed by atoms with Crippen molar-refractivity contribution in [3.8, 4) is 0 Å². The van der Waals surface area contributed by atoms with Crippen LogP contribution >= 0.6 is 0 Å². The molecule has 1 unspecified atom stereocenters. The molecule has 0 aliphatic heterocycles. The van der Waals surface area contributed by atoms with E-state index in [9.17, 15) is 4.79 Å². The average molecular weight is 275 g/mol. The van der Waals surface area contributed by atoms with Crippen molar-refractivity contribution in [2.75, 3.05) is 0 Å². The highest BCUT2D eigenvalue weighted by Gasteiger charge is 2.26. The van der Waals surface area contributed by atoms with Gasteiger partial charge in [-0.15, -0.1) is 0 Å². The van der Waals surface area contributed by atoms with Crippen molar-refractivity contribution < 1.29 is 9.53 Å². The smallest absolute Gasteiger partial charge is 0.408 e. The second-order valence-electron chi connectivity index (χ2n) is 6.85. The predicted octanol–water partition coefficient (Wildman–Crippen LogP) is 4.32. The molecular formula is C17H25NO2. The van der Waals surface area contributed by atoms with Crippen molar-refractivity contribution in [2.45, 2.75) is 65.0 Å². The minimum atomic E-state index is -0.453. The summed E-state index contributed by atoms with van der Waals surface area (Å²) in [6.45, 7) is 10.0. The first-order valence-electron chi connectivity index (χ1n) is 7.38. The van der Waals surface area contributed by atoms with Gasteiger partial charge in [-0.05, 0) is 56.2 Å². The summed E-state index contributed by atoms with van der Waals surface area (Å²) in [4.78, 5) is 11.9. The van der Waals surface area contributed by atoms with Crippen molar-refractivity contribution in [2.24, 2.45) is 0 Å². The van der Waals surface area contributed by atoms with E-state index in [1.165, 1.54) is 16.7 Å². The van der Waals surface area contributed by atoms with Crippen molar-refractivity contribution >= 4 is 6.09 Å². The van der Waals surface area contributed by atoms with Crippen LogP contribution < -0.4 is 5.32 Å². The van der Waals surface area contributed by atoms with Crippen LogP contribution in [0.5, 0.6) is 0 Å². The summed E-state index contributed by atoms with van der Waals surface area (Å²) in [6.07, 6.45) is 1.65. The van der Waals surface area contributed by atoms with Gasteiger partial charge in [-0.25, -0.2) is 4.79 Å². The van der Waals surface area contributed by atoms with E-state index >= 15 is 0 Å². The number of nitrogens with one attached hydrogen (secondary N) is 1. The summed E-state index contributed by atoms with van der Waals surface area (Å²) < 4.78 is 5.34. The molecular weight excluding hydrogens is 250 g/mol. The Balaban J connectivity index is 2.11. The molecule has 1 aliphatic carbocycles. The van der Waals surface area contributed by atoms with Crippen LogP contribution in [0.4, 0.5) is 4.79 Å². The number of ether oxygens (including phenoxy) is 1. The lowest BCUT2D eigenvalue weighted by Gasteiger charge is -2.22. The SMILES string of the molecule is CC(C)c1ccc2c(c1)C(NC(=O)OC(C)(C)C)CC2. The molecule has 0 fully saturated rings. The summed E-state index contributed by atoms with van der Waals surface area (Å²) in [5.41, 5.74) is 3.46. The standard InChI is InChI=1S/C17H25NO2/c1-11(2)13-7-6-12-8-9-15(14(12)10-13)18-16(19)20-17(3,4)5/h6-7,10-11,15H,8-9H2,1-5H3,(H,18,19). The summed E-state index contributed by atoms with van der Waals surface area (Å²) in [6, 6.07) is 6.70. The van der Waals surface area contributed by atoms with Crippen LogP contribution in [0.3, 0.4) is 0 Å². The average Bonchev–Trinajstić information content (AvgIpc) is 2.69. The van der Waals surface area contributed by atoms with Gasteiger partial charge in [0.15, 0.2) is 0 Å². The summed E-state index contributed by atoms with van der Waals surface area (Å²) in [5.74, 6) is 0.503. The summed E-state index contributed by atoms with van der Waals surface area (Å²) >= 11 is 0. The maximum atomic E-state index is 11.9. The molecule has 0 heterocycles. The van der Waals surface area contributed by atoms with E-state index in [1.807, 2.05) is 20.8 Å².